The van der Waals surface area contributed by atoms with E-state index >= 15 is 0 Å². The van der Waals surface area contributed by atoms with Gasteiger partial charge in [0.15, 0.2) is 9.84 Å². The van der Waals surface area contributed by atoms with Crippen LogP contribution in [0.3, 0.4) is 0 Å². The first-order chi connectivity index (χ1) is 5.96. The number of hydrogen-bond acceptors (Lipinski definition) is 3. The van der Waals surface area contributed by atoms with E-state index < -0.39 is 14.6 Å². The van der Waals surface area contributed by atoms with Crippen molar-refractivity contribution in [3.8, 4) is 0 Å². The molecule has 0 aromatic rings. The molecule has 4 heteroatoms. The average Bonchev–Trinajstić information content (AvgIpc) is 2.53. The fourth-order valence-corrected chi connectivity index (χ4v) is 5.67. The molecule has 0 amide bonds. The third kappa shape index (κ3) is 0.699. The summed E-state index contributed by atoms with van der Waals surface area (Å²) in [7, 11) is -2.89. The fourth-order valence-electron chi connectivity index (χ4n) is 3.30. The minimum atomic E-state index is -2.89. The van der Waals surface area contributed by atoms with Gasteiger partial charge in [0.05, 0.1) is 22.7 Å². The van der Waals surface area contributed by atoms with E-state index in [4.69, 9.17) is 4.74 Å². The predicted molar refractivity (Wildman–Crippen MR) is 48.1 cm³/mol. The van der Waals surface area contributed by atoms with Crippen LogP contribution in [0.5, 0.6) is 0 Å². The van der Waals surface area contributed by atoms with Crippen molar-refractivity contribution in [2.24, 2.45) is 11.8 Å². The maximum atomic E-state index is 11.9. The third-order valence-corrected chi connectivity index (χ3v) is 6.95. The van der Waals surface area contributed by atoms with Crippen LogP contribution in [0.1, 0.15) is 20.3 Å². The quantitative estimate of drug-likeness (QED) is 0.577. The zero-order chi connectivity index (χ0) is 9.43. The molecule has 0 spiro atoms. The summed E-state index contributed by atoms with van der Waals surface area (Å²) in [6, 6.07) is 0. The van der Waals surface area contributed by atoms with Gasteiger partial charge in [0.1, 0.15) is 0 Å². The highest BCUT2D eigenvalue weighted by atomic mass is 32.2. The summed E-state index contributed by atoms with van der Waals surface area (Å²) in [5.74, 6) is 1.07. The summed E-state index contributed by atoms with van der Waals surface area (Å²) >= 11 is 0. The van der Waals surface area contributed by atoms with Crippen LogP contribution in [0.4, 0.5) is 0 Å². The van der Waals surface area contributed by atoms with E-state index in [9.17, 15) is 8.42 Å². The fraction of sp³-hybridized carbons (Fsp3) is 1.00. The Morgan fingerprint density at radius 3 is 2.69 bits per heavy atom. The van der Waals surface area contributed by atoms with Gasteiger partial charge in [-0.15, -0.1) is 0 Å². The van der Waals surface area contributed by atoms with E-state index in [2.05, 4.69) is 6.92 Å². The Morgan fingerprint density at radius 1 is 1.46 bits per heavy atom. The lowest BCUT2D eigenvalue weighted by atomic mass is 9.76. The van der Waals surface area contributed by atoms with Gasteiger partial charge in [0.25, 0.3) is 0 Å². The van der Waals surface area contributed by atoms with Gasteiger partial charge in [-0.05, 0) is 19.3 Å². The van der Waals surface area contributed by atoms with Crippen molar-refractivity contribution in [2.75, 3.05) is 5.75 Å². The number of fused-ring (bicyclic) bond motifs is 1. The van der Waals surface area contributed by atoms with Crippen molar-refractivity contribution >= 4 is 9.84 Å². The maximum Gasteiger partial charge on any atom is 0.158 e. The van der Waals surface area contributed by atoms with Crippen molar-refractivity contribution in [1.82, 2.24) is 0 Å². The maximum absolute atomic E-state index is 11.9. The van der Waals surface area contributed by atoms with Gasteiger partial charge in [-0.25, -0.2) is 8.42 Å². The highest BCUT2D eigenvalue weighted by Gasteiger charge is 2.69. The normalized spacial score (nSPS) is 61.7. The van der Waals surface area contributed by atoms with Gasteiger partial charge in [0.2, 0.25) is 0 Å². The van der Waals surface area contributed by atoms with E-state index in [1.807, 2.05) is 6.92 Å². The molecule has 3 saturated heterocycles. The van der Waals surface area contributed by atoms with E-state index in [1.165, 1.54) is 0 Å². The molecule has 3 fully saturated rings. The molecule has 2 bridgehead atoms. The first-order valence-corrected chi connectivity index (χ1v) is 6.49. The van der Waals surface area contributed by atoms with Gasteiger partial charge in [0, 0.05) is 5.92 Å². The van der Waals surface area contributed by atoms with Gasteiger partial charge < -0.3 is 4.74 Å². The second kappa shape index (κ2) is 1.96. The monoisotopic (exact) mass is 202 g/mol. The summed E-state index contributed by atoms with van der Waals surface area (Å²) in [5.41, 5.74) is 0. The molecule has 0 saturated carbocycles. The Labute approximate surface area is 78.4 Å². The molecule has 0 aromatic carbocycles. The van der Waals surface area contributed by atoms with Crippen LogP contribution < -0.4 is 0 Å². The number of hydrogen-bond donors (Lipinski definition) is 0. The van der Waals surface area contributed by atoms with Crippen LogP contribution in [-0.4, -0.2) is 31.1 Å². The zero-order valence-corrected chi connectivity index (χ0v) is 8.67. The minimum Gasteiger partial charge on any atom is -0.373 e. The van der Waals surface area contributed by atoms with Gasteiger partial charge in [-0.3, -0.25) is 0 Å². The Hall–Kier alpha value is -0.0900. The van der Waals surface area contributed by atoms with Crippen molar-refractivity contribution in [2.45, 2.75) is 37.2 Å². The van der Waals surface area contributed by atoms with Gasteiger partial charge in [-0.2, -0.15) is 0 Å². The first kappa shape index (κ1) is 8.24. The molecule has 3 nitrogen and oxygen atoms in total. The molecule has 0 aromatic heterocycles. The Bertz CT molecular complexity index is 361. The molecule has 5 atom stereocenters. The van der Waals surface area contributed by atoms with Crippen LogP contribution in [-0.2, 0) is 14.6 Å². The highest BCUT2D eigenvalue weighted by Crippen LogP contribution is 2.57. The van der Waals surface area contributed by atoms with Crippen molar-refractivity contribution in [1.29, 1.82) is 0 Å². The van der Waals surface area contributed by atoms with Crippen LogP contribution >= 0.6 is 0 Å². The van der Waals surface area contributed by atoms with Crippen molar-refractivity contribution < 1.29 is 13.2 Å². The SMILES string of the molecule is CC1C2CC3(C)C(O2)C1CS3(=O)=O. The summed E-state index contributed by atoms with van der Waals surface area (Å²) in [4.78, 5) is 0. The van der Waals surface area contributed by atoms with E-state index in [0.717, 1.165) is 6.42 Å². The molecular weight excluding hydrogens is 188 g/mol. The van der Waals surface area contributed by atoms with Crippen LogP contribution in [0.25, 0.3) is 0 Å². The predicted octanol–water partition coefficient (Wildman–Crippen LogP) is 0.597. The smallest absolute Gasteiger partial charge is 0.158 e. The highest BCUT2D eigenvalue weighted by molar-refractivity contribution is 7.93. The largest absolute Gasteiger partial charge is 0.373 e. The molecule has 3 rings (SSSR count). The van der Waals surface area contributed by atoms with E-state index in [0.29, 0.717) is 11.7 Å². The molecule has 3 heterocycles. The summed E-state index contributed by atoms with van der Waals surface area (Å²) < 4.78 is 28.9. The molecule has 0 radical (unpaired) electrons. The van der Waals surface area contributed by atoms with Crippen LogP contribution in [0, 0.1) is 11.8 Å². The lowest BCUT2D eigenvalue weighted by Gasteiger charge is -2.26. The molecule has 5 unspecified atom stereocenters. The first-order valence-electron chi connectivity index (χ1n) is 4.83. The average molecular weight is 202 g/mol. The third-order valence-electron chi connectivity index (χ3n) is 4.30. The standard InChI is InChI=1S/C9H14O3S/c1-5-6-4-13(10,11)9(2)3-7(5)12-8(6)9/h5-8H,3-4H2,1-2H3. The minimum absolute atomic E-state index is 0.00231. The van der Waals surface area contributed by atoms with Crippen LogP contribution in [0.2, 0.25) is 0 Å². The molecule has 0 aliphatic carbocycles. The second-order valence-corrected chi connectivity index (χ2v) is 7.41. The molecule has 3 aliphatic heterocycles. The van der Waals surface area contributed by atoms with Gasteiger partial charge >= 0.3 is 0 Å². The zero-order valence-electron chi connectivity index (χ0n) is 7.86. The number of sulfone groups is 1. The molecule has 3 aliphatic rings. The Kier molecular flexibility index (Phi) is 1.24. The Balaban J connectivity index is 2.18. The van der Waals surface area contributed by atoms with E-state index in [1.54, 1.807) is 0 Å². The van der Waals surface area contributed by atoms with E-state index in [-0.39, 0.29) is 18.1 Å². The molecule has 74 valence electrons. The number of ether oxygens (including phenoxy) is 1. The summed E-state index contributed by atoms with van der Waals surface area (Å²) in [5, 5.41) is 0. The molecular formula is C9H14O3S. The van der Waals surface area contributed by atoms with Gasteiger partial charge in [-0.1, -0.05) is 6.92 Å². The molecule has 0 N–H and O–H groups in total. The van der Waals surface area contributed by atoms with Crippen molar-refractivity contribution in [3.63, 3.8) is 0 Å². The van der Waals surface area contributed by atoms with Crippen LogP contribution in [0.15, 0.2) is 0 Å². The lowest BCUT2D eigenvalue weighted by molar-refractivity contribution is 0.0862. The Morgan fingerprint density at radius 2 is 2.15 bits per heavy atom. The number of rotatable bonds is 0. The topological polar surface area (TPSA) is 43.4 Å². The summed E-state index contributed by atoms with van der Waals surface area (Å²) in [6.45, 7) is 3.98. The second-order valence-electron chi connectivity index (χ2n) is 4.92. The summed E-state index contributed by atoms with van der Waals surface area (Å²) in [6.07, 6.45) is 0.923. The lowest BCUT2D eigenvalue weighted by Crippen LogP contribution is -2.40. The molecule has 13 heavy (non-hydrogen) atoms. The van der Waals surface area contributed by atoms with Crippen molar-refractivity contribution in [3.05, 3.63) is 0 Å².